The van der Waals surface area contributed by atoms with Crippen molar-refractivity contribution in [2.75, 3.05) is 17.6 Å². The van der Waals surface area contributed by atoms with Crippen LogP contribution in [-0.4, -0.2) is 21.5 Å². The Balaban J connectivity index is 1.75. The number of nitrogens with two attached hydrogens (primary N) is 1. The van der Waals surface area contributed by atoms with Crippen molar-refractivity contribution in [2.24, 2.45) is 0 Å². The molecule has 0 saturated heterocycles. The third-order valence-electron chi connectivity index (χ3n) is 2.48. The van der Waals surface area contributed by atoms with Crippen molar-refractivity contribution in [3.05, 3.63) is 28.0 Å². The minimum absolute atomic E-state index is 0.303. The quantitative estimate of drug-likeness (QED) is 0.765. The molecule has 3 aromatic rings. The Morgan fingerprint density at radius 2 is 2.28 bits per heavy atom. The fourth-order valence-corrected chi connectivity index (χ4v) is 3.06. The Morgan fingerprint density at radius 1 is 1.33 bits per heavy atom. The van der Waals surface area contributed by atoms with Gasteiger partial charge in [0, 0.05) is 18.3 Å². The van der Waals surface area contributed by atoms with E-state index in [0.29, 0.717) is 5.95 Å². The maximum Gasteiger partial charge on any atom is 0.222 e. The zero-order chi connectivity index (χ0) is 12.4. The van der Waals surface area contributed by atoms with Crippen LogP contribution in [0.15, 0.2) is 22.3 Å². The van der Waals surface area contributed by atoms with Gasteiger partial charge in [-0.15, -0.1) is 22.7 Å². The van der Waals surface area contributed by atoms with Gasteiger partial charge in [0.1, 0.15) is 5.82 Å². The van der Waals surface area contributed by atoms with E-state index in [9.17, 15) is 0 Å². The number of thiazole rings is 1. The Hall–Kier alpha value is -1.73. The van der Waals surface area contributed by atoms with Gasteiger partial charge < -0.3 is 11.1 Å². The summed E-state index contributed by atoms with van der Waals surface area (Å²) >= 11 is 3.22. The van der Waals surface area contributed by atoms with E-state index >= 15 is 0 Å². The summed E-state index contributed by atoms with van der Waals surface area (Å²) in [6.45, 7) is 0.785. The molecule has 0 aliphatic rings. The van der Waals surface area contributed by atoms with Crippen molar-refractivity contribution < 1.29 is 0 Å². The van der Waals surface area contributed by atoms with E-state index in [0.717, 1.165) is 34.7 Å². The number of hydrogen-bond acceptors (Lipinski definition) is 7. The second-order valence-corrected chi connectivity index (χ2v) is 5.36. The van der Waals surface area contributed by atoms with Crippen LogP contribution in [-0.2, 0) is 6.42 Å². The van der Waals surface area contributed by atoms with Crippen molar-refractivity contribution in [2.45, 2.75) is 6.42 Å². The van der Waals surface area contributed by atoms with Crippen LogP contribution in [0.3, 0.4) is 0 Å². The molecule has 0 radical (unpaired) electrons. The molecule has 0 aliphatic carbocycles. The van der Waals surface area contributed by atoms with E-state index < -0.39 is 0 Å². The van der Waals surface area contributed by atoms with E-state index in [1.54, 1.807) is 22.7 Å². The lowest BCUT2D eigenvalue weighted by atomic mass is 10.3. The molecular weight excluding hydrogens is 266 g/mol. The number of thiophene rings is 1. The zero-order valence-electron chi connectivity index (χ0n) is 9.46. The van der Waals surface area contributed by atoms with Gasteiger partial charge in [0.25, 0.3) is 0 Å². The second-order valence-electron chi connectivity index (χ2n) is 3.72. The minimum Gasteiger partial charge on any atom is -0.368 e. The minimum atomic E-state index is 0.303. The first-order chi connectivity index (χ1) is 8.83. The molecule has 3 heterocycles. The molecule has 0 amide bonds. The highest BCUT2D eigenvalue weighted by Crippen LogP contribution is 2.26. The van der Waals surface area contributed by atoms with E-state index in [2.05, 4.69) is 25.6 Å². The average Bonchev–Trinajstić information content (AvgIpc) is 2.98. The molecule has 0 unspecified atom stereocenters. The summed E-state index contributed by atoms with van der Waals surface area (Å²) in [5.41, 5.74) is 9.51. The van der Waals surface area contributed by atoms with E-state index in [1.807, 2.05) is 17.0 Å². The van der Waals surface area contributed by atoms with Gasteiger partial charge in [0.2, 0.25) is 5.95 Å². The topological polar surface area (TPSA) is 76.7 Å². The summed E-state index contributed by atoms with van der Waals surface area (Å²) in [7, 11) is 0. The SMILES string of the molecule is Nc1nc(NCCc2cscn2)c2sccc2n1. The largest absolute Gasteiger partial charge is 0.368 e. The van der Waals surface area contributed by atoms with Crippen LogP contribution in [0.1, 0.15) is 5.69 Å². The predicted molar refractivity (Wildman–Crippen MR) is 76.1 cm³/mol. The van der Waals surface area contributed by atoms with Crippen molar-refractivity contribution >= 4 is 44.7 Å². The van der Waals surface area contributed by atoms with Crippen LogP contribution >= 0.6 is 22.7 Å². The lowest BCUT2D eigenvalue weighted by Gasteiger charge is -2.06. The third-order valence-corrected chi connectivity index (χ3v) is 4.02. The van der Waals surface area contributed by atoms with Gasteiger partial charge in [-0.05, 0) is 11.4 Å². The lowest BCUT2D eigenvalue weighted by Crippen LogP contribution is -2.08. The maximum atomic E-state index is 5.68. The molecule has 0 aromatic carbocycles. The standard InChI is InChI=1S/C11H11N5S2/c12-11-15-8-2-4-18-9(8)10(16-11)13-3-1-7-5-17-6-14-7/h2,4-6H,1,3H2,(H3,12,13,15,16). The molecule has 0 fully saturated rings. The molecule has 0 atom stereocenters. The van der Waals surface area contributed by atoms with Gasteiger partial charge in [0.15, 0.2) is 0 Å². The Morgan fingerprint density at radius 3 is 3.11 bits per heavy atom. The molecule has 0 saturated carbocycles. The second kappa shape index (κ2) is 4.87. The molecule has 7 heteroatoms. The molecule has 92 valence electrons. The van der Waals surface area contributed by atoms with E-state index in [4.69, 9.17) is 5.73 Å². The third kappa shape index (κ3) is 2.27. The van der Waals surface area contributed by atoms with Gasteiger partial charge in [-0.25, -0.2) is 9.97 Å². The molecule has 5 nitrogen and oxygen atoms in total. The number of nitrogen functional groups attached to an aromatic ring is 1. The van der Waals surface area contributed by atoms with Gasteiger partial charge in [-0.1, -0.05) is 0 Å². The Bertz CT molecular complexity index is 647. The smallest absolute Gasteiger partial charge is 0.222 e. The number of fused-ring (bicyclic) bond motifs is 1. The molecule has 3 N–H and O–H groups in total. The first-order valence-electron chi connectivity index (χ1n) is 5.44. The van der Waals surface area contributed by atoms with Crippen LogP contribution in [0.4, 0.5) is 11.8 Å². The Kier molecular flexibility index (Phi) is 3.07. The number of rotatable bonds is 4. The lowest BCUT2D eigenvalue weighted by molar-refractivity contribution is 0.970. The molecule has 0 spiro atoms. The summed E-state index contributed by atoms with van der Waals surface area (Å²) in [5, 5.41) is 7.34. The summed E-state index contributed by atoms with van der Waals surface area (Å²) in [6, 6.07) is 1.95. The molecule has 3 aromatic heterocycles. The van der Waals surface area contributed by atoms with E-state index in [1.165, 1.54) is 0 Å². The first kappa shape index (κ1) is 11.4. The number of hydrogen-bond donors (Lipinski definition) is 2. The van der Waals surface area contributed by atoms with Crippen LogP contribution in [0.2, 0.25) is 0 Å². The van der Waals surface area contributed by atoms with Gasteiger partial charge in [-0.2, -0.15) is 4.98 Å². The van der Waals surface area contributed by atoms with Crippen molar-refractivity contribution in [1.29, 1.82) is 0 Å². The highest BCUT2D eigenvalue weighted by atomic mass is 32.1. The van der Waals surface area contributed by atoms with Crippen molar-refractivity contribution in [1.82, 2.24) is 15.0 Å². The molecule has 0 aliphatic heterocycles. The highest BCUT2D eigenvalue weighted by Gasteiger charge is 2.07. The van der Waals surface area contributed by atoms with Crippen molar-refractivity contribution in [3.63, 3.8) is 0 Å². The number of nitrogens with zero attached hydrogens (tertiary/aromatic N) is 3. The van der Waals surface area contributed by atoms with Crippen LogP contribution in [0.25, 0.3) is 10.2 Å². The molecule has 18 heavy (non-hydrogen) atoms. The van der Waals surface area contributed by atoms with Crippen LogP contribution in [0.5, 0.6) is 0 Å². The molecule has 0 bridgehead atoms. The van der Waals surface area contributed by atoms with Gasteiger partial charge in [-0.3, -0.25) is 0 Å². The average molecular weight is 277 g/mol. The summed E-state index contributed by atoms with van der Waals surface area (Å²) < 4.78 is 1.04. The monoisotopic (exact) mass is 277 g/mol. The zero-order valence-corrected chi connectivity index (χ0v) is 11.1. The van der Waals surface area contributed by atoms with Crippen LogP contribution in [0, 0.1) is 0 Å². The van der Waals surface area contributed by atoms with Gasteiger partial charge >= 0.3 is 0 Å². The normalized spacial score (nSPS) is 10.9. The number of nitrogens with one attached hydrogen (secondary N) is 1. The fraction of sp³-hybridized carbons (Fsp3) is 0.182. The summed E-state index contributed by atoms with van der Waals surface area (Å²) in [5.74, 6) is 1.11. The predicted octanol–water partition coefficient (Wildman–Crippen LogP) is 2.38. The number of aromatic nitrogens is 3. The molecule has 3 rings (SSSR count). The maximum absolute atomic E-state index is 5.68. The summed E-state index contributed by atoms with van der Waals surface area (Å²) in [6.07, 6.45) is 0.875. The molecular formula is C11H11N5S2. The first-order valence-corrected chi connectivity index (χ1v) is 7.27. The fourth-order valence-electron chi connectivity index (χ4n) is 1.67. The Labute approximate surface area is 112 Å². The van der Waals surface area contributed by atoms with Crippen molar-refractivity contribution in [3.8, 4) is 0 Å². The van der Waals surface area contributed by atoms with Gasteiger partial charge in [0.05, 0.1) is 21.4 Å². The number of anilines is 2. The van der Waals surface area contributed by atoms with Crippen LogP contribution < -0.4 is 11.1 Å². The van der Waals surface area contributed by atoms with E-state index in [-0.39, 0.29) is 0 Å². The summed E-state index contributed by atoms with van der Waals surface area (Å²) in [4.78, 5) is 12.7. The highest BCUT2D eigenvalue weighted by molar-refractivity contribution is 7.17.